The molecule has 2 aromatic rings. The van der Waals surface area contributed by atoms with Gasteiger partial charge in [0, 0.05) is 20.5 Å². The van der Waals surface area contributed by atoms with Crippen molar-refractivity contribution in [2.75, 3.05) is 7.05 Å². The summed E-state index contributed by atoms with van der Waals surface area (Å²) in [7, 11) is 3.51. The fraction of sp³-hybridized carbons (Fsp3) is 0.500. The predicted molar refractivity (Wildman–Crippen MR) is 93.3 cm³/mol. The van der Waals surface area contributed by atoms with Crippen molar-refractivity contribution in [3.63, 3.8) is 0 Å². The minimum Gasteiger partial charge on any atom is -0.506 e. The topological polar surface area (TPSA) is 89.3 Å². The number of pyridine rings is 1. The van der Waals surface area contributed by atoms with E-state index >= 15 is 0 Å². The Morgan fingerprint density at radius 3 is 2.76 bits per heavy atom. The first-order valence-corrected chi connectivity index (χ1v) is 8.52. The normalized spacial score (nSPS) is 16.0. The fourth-order valence-corrected chi connectivity index (χ4v) is 3.45. The number of rotatable bonds is 4. The van der Waals surface area contributed by atoms with Gasteiger partial charge in [-0.3, -0.25) is 0 Å². The Balaban J connectivity index is 1.95. The molecule has 0 radical (unpaired) electrons. The Morgan fingerprint density at radius 2 is 2.12 bits per heavy atom. The van der Waals surface area contributed by atoms with Crippen LogP contribution in [0.1, 0.15) is 37.1 Å². The Labute approximate surface area is 147 Å². The number of ether oxygens (including phenoxy) is 1. The van der Waals surface area contributed by atoms with Gasteiger partial charge >= 0.3 is 6.09 Å². The van der Waals surface area contributed by atoms with Crippen LogP contribution < -0.4 is 5.32 Å². The quantitative estimate of drug-likeness (QED) is 0.890. The van der Waals surface area contributed by atoms with Crippen molar-refractivity contribution < 1.29 is 14.6 Å². The zero-order chi connectivity index (χ0) is 18.0. The second-order valence-electron chi connectivity index (χ2n) is 6.66. The summed E-state index contributed by atoms with van der Waals surface area (Å²) in [5.41, 5.74) is 2.50. The molecule has 2 N–H and O–H groups in total. The highest BCUT2D eigenvalue weighted by Gasteiger charge is 2.39. The third-order valence-corrected chi connectivity index (χ3v) is 4.88. The van der Waals surface area contributed by atoms with E-state index in [-0.39, 0.29) is 5.75 Å². The molecule has 0 atom stereocenters. The van der Waals surface area contributed by atoms with E-state index in [9.17, 15) is 9.90 Å². The maximum atomic E-state index is 11.8. The predicted octanol–water partition coefficient (Wildman–Crippen LogP) is 2.71. The van der Waals surface area contributed by atoms with E-state index < -0.39 is 11.7 Å². The van der Waals surface area contributed by atoms with E-state index in [4.69, 9.17) is 4.74 Å². The van der Waals surface area contributed by atoms with E-state index in [1.165, 1.54) is 0 Å². The molecule has 1 aliphatic carbocycles. The van der Waals surface area contributed by atoms with Gasteiger partial charge in [-0.15, -0.1) is 0 Å². The molecule has 1 aliphatic rings. The van der Waals surface area contributed by atoms with Crippen molar-refractivity contribution in [1.29, 1.82) is 0 Å². The number of aromatic hydroxyl groups is 1. The molecule has 0 saturated heterocycles. The lowest BCUT2D eigenvalue weighted by atomic mass is 9.94. The molecule has 2 heterocycles. The number of carbonyl (C=O) groups is 1. The Hall–Kier alpha value is -2.57. The Kier molecular flexibility index (Phi) is 4.65. The third kappa shape index (κ3) is 3.45. The number of aryl methyl sites for hydroxylation is 2. The van der Waals surface area contributed by atoms with Crippen LogP contribution in [0.2, 0.25) is 0 Å². The highest BCUT2D eigenvalue weighted by atomic mass is 16.6. The summed E-state index contributed by atoms with van der Waals surface area (Å²) in [6, 6.07) is 3.39. The lowest BCUT2D eigenvalue weighted by molar-refractivity contribution is 0.0163. The molecule has 1 fully saturated rings. The molecule has 7 nitrogen and oxygen atoms in total. The monoisotopic (exact) mass is 344 g/mol. The summed E-state index contributed by atoms with van der Waals surface area (Å²) >= 11 is 0. The van der Waals surface area contributed by atoms with Crippen LogP contribution in [-0.2, 0) is 18.2 Å². The van der Waals surface area contributed by atoms with E-state index in [0.717, 1.165) is 37.1 Å². The molecule has 2 aromatic heterocycles. The minimum absolute atomic E-state index is 0.163. The van der Waals surface area contributed by atoms with E-state index in [1.807, 2.05) is 11.6 Å². The highest BCUT2D eigenvalue weighted by molar-refractivity contribution is 5.67. The summed E-state index contributed by atoms with van der Waals surface area (Å²) in [6.45, 7) is 1.76. The first-order chi connectivity index (χ1) is 11.9. The van der Waals surface area contributed by atoms with Gasteiger partial charge in [-0.2, -0.15) is 0 Å². The highest BCUT2D eigenvalue weighted by Crippen LogP contribution is 2.38. The van der Waals surface area contributed by atoms with Gasteiger partial charge in [0.1, 0.15) is 17.0 Å². The molecule has 7 heteroatoms. The first-order valence-electron chi connectivity index (χ1n) is 8.52. The van der Waals surface area contributed by atoms with Crippen molar-refractivity contribution in [1.82, 2.24) is 19.9 Å². The average molecular weight is 344 g/mol. The van der Waals surface area contributed by atoms with Crippen LogP contribution in [0, 0.1) is 6.92 Å². The molecule has 0 aliphatic heterocycles. The van der Waals surface area contributed by atoms with Crippen LogP contribution in [-0.4, -0.2) is 38.4 Å². The number of imidazole rings is 1. The van der Waals surface area contributed by atoms with Gasteiger partial charge in [0.2, 0.25) is 0 Å². The number of amides is 1. The number of alkyl carbamates (subject to hydrolysis) is 1. The van der Waals surface area contributed by atoms with Crippen molar-refractivity contribution in [3.05, 3.63) is 29.8 Å². The Morgan fingerprint density at radius 1 is 1.40 bits per heavy atom. The number of carbonyl (C=O) groups excluding carboxylic acids is 1. The van der Waals surface area contributed by atoms with Gasteiger partial charge in [-0.05, 0) is 44.7 Å². The molecule has 1 amide bonds. The number of nitrogens with one attached hydrogen (secondary N) is 1. The molecule has 134 valence electrons. The molecule has 0 unspecified atom stereocenters. The molecule has 0 spiro atoms. The van der Waals surface area contributed by atoms with E-state index in [0.29, 0.717) is 17.8 Å². The molecule has 0 bridgehead atoms. The third-order valence-electron chi connectivity index (χ3n) is 4.88. The molecule has 3 rings (SSSR count). The summed E-state index contributed by atoms with van der Waals surface area (Å²) < 4.78 is 7.71. The molecular formula is C18H24N4O3. The number of aromatic nitrogens is 3. The van der Waals surface area contributed by atoms with Crippen LogP contribution in [0.5, 0.6) is 5.75 Å². The van der Waals surface area contributed by atoms with Crippen molar-refractivity contribution in [2.45, 2.75) is 44.6 Å². The lowest BCUT2D eigenvalue weighted by Gasteiger charge is -2.29. The minimum atomic E-state index is -0.505. The maximum absolute atomic E-state index is 11.8. The molecule has 0 aromatic carbocycles. The number of hydrogen-bond donors (Lipinski definition) is 2. The van der Waals surface area contributed by atoms with Gasteiger partial charge in [0.25, 0.3) is 0 Å². The lowest BCUT2D eigenvalue weighted by Crippen LogP contribution is -2.38. The summed E-state index contributed by atoms with van der Waals surface area (Å²) in [5, 5.41) is 12.3. The SMILES string of the molecule is CNC(=O)OC1(Cc2c(-c3ccc(O)c(C)n3)ncn2C)CCCC1. The average Bonchev–Trinajstić information content (AvgIpc) is 3.18. The largest absolute Gasteiger partial charge is 0.506 e. The molecular weight excluding hydrogens is 320 g/mol. The zero-order valence-electron chi connectivity index (χ0n) is 14.9. The summed E-state index contributed by atoms with van der Waals surface area (Å²) in [6.07, 6.45) is 5.70. The van der Waals surface area contributed by atoms with Crippen LogP contribution in [0.15, 0.2) is 18.5 Å². The Bertz CT molecular complexity index is 779. The fourth-order valence-electron chi connectivity index (χ4n) is 3.45. The second-order valence-corrected chi connectivity index (χ2v) is 6.66. The van der Waals surface area contributed by atoms with Gasteiger partial charge in [-0.1, -0.05) is 0 Å². The zero-order valence-corrected chi connectivity index (χ0v) is 14.9. The van der Waals surface area contributed by atoms with Crippen LogP contribution >= 0.6 is 0 Å². The molecule has 1 saturated carbocycles. The second kappa shape index (κ2) is 6.74. The standard InChI is InChI=1S/C18H24N4O3/c1-12-15(23)7-6-13(21-12)16-14(22(3)11-20-16)10-18(8-4-5-9-18)25-17(24)19-2/h6-7,11,23H,4-5,8-10H2,1-3H3,(H,19,24). The summed E-state index contributed by atoms with van der Waals surface area (Å²) in [5.74, 6) is 0.163. The maximum Gasteiger partial charge on any atom is 0.407 e. The first kappa shape index (κ1) is 17.3. The van der Waals surface area contributed by atoms with Gasteiger partial charge in [-0.25, -0.2) is 14.8 Å². The molecule has 25 heavy (non-hydrogen) atoms. The van der Waals surface area contributed by atoms with Crippen LogP contribution in [0.25, 0.3) is 11.4 Å². The van der Waals surface area contributed by atoms with Gasteiger partial charge in [0.05, 0.1) is 23.4 Å². The van der Waals surface area contributed by atoms with E-state index in [2.05, 4.69) is 15.3 Å². The van der Waals surface area contributed by atoms with E-state index in [1.54, 1.807) is 32.4 Å². The van der Waals surface area contributed by atoms with Crippen molar-refractivity contribution in [2.24, 2.45) is 7.05 Å². The summed E-state index contributed by atoms with van der Waals surface area (Å²) in [4.78, 5) is 20.8. The van der Waals surface area contributed by atoms with Crippen molar-refractivity contribution in [3.8, 4) is 17.1 Å². The number of nitrogens with zero attached hydrogens (tertiary/aromatic N) is 3. The van der Waals surface area contributed by atoms with Crippen LogP contribution in [0.3, 0.4) is 0 Å². The van der Waals surface area contributed by atoms with Crippen molar-refractivity contribution >= 4 is 6.09 Å². The smallest absolute Gasteiger partial charge is 0.407 e. The van der Waals surface area contributed by atoms with Crippen LogP contribution in [0.4, 0.5) is 4.79 Å². The van der Waals surface area contributed by atoms with Gasteiger partial charge < -0.3 is 19.7 Å². The van der Waals surface area contributed by atoms with Gasteiger partial charge in [0.15, 0.2) is 0 Å². The number of hydrogen-bond acceptors (Lipinski definition) is 5.